The maximum Gasteiger partial charge on any atom is 0.228 e. The number of rotatable bonds is 5. The third-order valence-corrected chi connectivity index (χ3v) is 5.79. The summed E-state index contributed by atoms with van der Waals surface area (Å²) in [6.45, 7) is 4.54. The van der Waals surface area contributed by atoms with Gasteiger partial charge in [0.05, 0.1) is 13.0 Å². The first kappa shape index (κ1) is 19.5. The van der Waals surface area contributed by atoms with Crippen LogP contribution in [0.2, 0.25) is 0 Å². The largest absolute Gasteiger partial charge is 0.497 e. The quantitative estimate of drug-likeness (QED) is 0.783. The number of amides is 2. The second-order valence-electron chi connectivity index (χ2n) is 7.69. The lowest BCUT2D eigenvalue weighted by Crippen LogP contribution is -2.50. The summed E-state index contributed by atoms with van der Waals surface area (Å²) in [5, 5.41) is 0. The van der Waals surface area contributed by atoms with Crippen LogP contribution in [0.15, 0.2) is 54.6 Å². The number of carbonyl (C=O) groups is 2. The molecule has 29 heavy (non-hydrogen) atoms. The van der Waals surface area contributed by atoms with Gasteiger partial charge in [0.2, 0.25) is 11.8 Å². The van der Waals surface area contributed by atoms with Crippen molar-refractivity contribution in [2.75, 3.05) is 44.7 Å². The highest BCUT2D eigenvalue weighted by Gasteiger charge is 2.37. The van der Waals surface area contributed by atoms with Gasteiger partial charge in [0, 0.05) is 51.4 Å². The molecule has 0 aromatic heterocycles. The molecule has 0 radical (unpaired) electrons. The van der Waals surface area contributed by atoms with Gasteiger partial charge in [-0.05, 0) is 29.8 Å². The Morgan fingerprint density at radius 2 is 1.69 bits per heavy atom. The van der Waals surface area contributed by atoms with Crippen LogP contribution in [0, 0.1) is 5.92 Å². The smallest absolute Gasteiger partial charge is 0.228 e. The van der Waals surface area contributed by atoms with Crippen molar-refractivity contribution in [1.29, 1.82) is 0 Å². The summed E-state index contributed by atoms with van der Waals surface area (Å²) in [6, 6.07) is 17.8. The molecule has 1 unspecified atom stereocenters. The molecule has 0 aliphatic carbocycles. The average molecular weight is 393 g/mol. The summed E-state index contributed by atoms with van der Waals surface area (Å²) < 4.78 is 5.18. The molecule has 2 heterocycles. The van der Waals surface area contributed by atoms with E-state index in [0.29, 0.717) is 6.54 Å². The normalized spacial score (nSPS) is 20.2. The Morgan fingerprint density at radius 3 is 2.34 bits per heavy atom. The van der Waals surface area contributed by atoms with Crippen LogP contribution in [-0.4, -0.2) is 61.4 Å². The van der Waals surface area contributed by atoms with Crippen molar-refractivity contribution in [2.45, 2.75) is 13.0 Å². The fourth-order valence-corrected chi connectivity index (χ4v) is 4.11. The fourth-order valence-electron chi connectivity index (χ4n) is 4.11. The lowest BCUT2D eigenvalue weighted by Gasteiger charge is -2.36. The molecule has 2 fully saturated rings. The Bertz CT molecular complexity index is 845. The van der Waals surface area contributed by atoms with Gasteiger partial charge in [-0.25, -0.2) is 0 Å². The standard InChI is InChI=1S/C23H27N3O3/c1-29-21-9-7-20(8-10-21)26-17-19(15-22(26)27)23(28)25-13-11-24(12-14-25)16-18-5-3-2-4-6-18/h2-10,19H,11-17H2,1H3. The zero-order valence-corrected chi connectivity index (χ0v) is 16.8. The third-order valence-electron chi connectivity index (χ3n) is 5.79. The van der Waals surface area contributed by atoms with Crippen LogP contribution in [0.5, 0.6) is 5.75 Å². The Hall–Kier alpha value is -2.86. The van der Waals surface area contributed by atoms with Gasteiger partial charge in [0.15, 0.2) is 0 Å². The van der Waals surface area contributed by atoms with Gasteiger partial charge in [-0.15, -0.1) is 0 Å². The number of anilines is 1. The maximum atomic E-state index is 13.0. The highest BCUT2D eigenvalue weighted by atomic mass is 16.5. The van der Waals surface area contributed by atoms with Gasteiger partial charge in [-0.3, -0.25) is 14.5 Å². The topological polar surface area (TPSA) is 53.1 Å². The van der Waals surface area contributed by atoms with E-state index >= 15 is 0 Å². The van der Waals surface area contributed by atoms with E-state index in [2.05, 4.69) is 29.2 Å². The molecule has 1 atom stereocenters. The zero-order valence-electron chi connectivity index (χ0n) is 16.8. The number of hydrogen-bond acceptors (Lipinski definition) is 4. The number of nitrogens with zero attached hydrogens (tertiary/aromatic N) is 3. The summed E-state index contributed by atoms with van der Waals surface area (Å²) in [5.41, 5.74) is 2.11. The first-order valence-electron chi connectivity index (χ1n) is 10.1. The highest BCUT2D eigenvalue weighted by Crippen LogP contribution is 2.28. The van der Waals surface area contributed by atoms with Crippen LogP contribution in [-0.2, 0) is 16.1 Å². The number of methoxy groups -OCH3 is 1. The molecular formula is C23H27N3O3. The highest BCUT2D eigenvalue weighted by molar-refractivity contribution is 6.00. The summed E-state index contributed by atoms with van der Waals surface area (Å²) in [4.78, 5) is 31.5. The number of benzene rings is 2. The second kappa shape index (κ2) is 8.66. The molecule has 0 N–H and O–H groups in total. The molecule has 152 valence electrons. The molecule has 0 spiro atoms. The lowest BCUT2D eigenvalue weighted by molar-refractivity contribution is -0.137. The molecule has 2 aromatic rings. The lowest BCUT2D eigenvalue weighted by atomic mass is 10.1. The van der Waals surface area contributed by atoms with Gasteiger partial charge in [-0.2, -0.15) is 0 Å². The Balaban J connectivity index is 1.31. The van der Waals surface area contributed by atoms with Gasteiger partial charge in [-0.1, -0.05) is 30.3 Å². The third kappa shape index (κ3) is 4.43. The van der Waals surface area contributed by atoms with Crippen molar-refractivity contribution in [3.05, 3.63) is 60.2 Å². The summed E-state index contributed by atoms with van der Waals surface area (Å²) in [6.07, 6.45) is 0.287. The zero-order chi connectivity index (χ0) is 20.2. The van der Waals surface area contributed by atoms with Crippen LogP contribution in [0.1, 0.15) is 12.0 Å². The molecule has 2 saturated heterocycles. The molecular weight excluding hydrogens is 366 g/mol. The van der Waals surface area contributed by atoms with Crippen molar-refractivity contribution in [1.82, 2.24) is 9.80 Å². The minimum atomic E-state index is -0.259. The average Bonchev–Trinajstić information content (AvgIpc) is 3.16. The Morgan fingerprint density at radius 1 is 1.00 bits per heavy atom. The maximum absolute atomic E-state index is 13.0. The Kier molecular flexibility index (Phi) is 5.81. The van der Waals surface area contributed by atoms with E-state index in [1.54, 1.807) is 12.0 Å². The number of carbonyl (C=O) groups excluding carboxylic acids is 2. The monoisotopic (exact) mass is 393 g/mol. The van der Waals surface area contributed by atoms with Crippen LogP contribution in [0.3, 0.4) is 0 Å². The van der Waals surface area contributed by atoms with Crippen molar-refractivity contribution < 1.29 is 14.3 Å². The summed E-state index contributed by atoms with van der Waals surface area (Å²) >= 11 is 0. The van der Waals surface area contributed by atoms with E-state index in [0.717, 1.165) is 44.2 Å². The molecule has 0 saturated carbocycles. The molecule has 6 nitrogen and oxygen atoms in total. The van der Waals surface area contributed by atoms with E-state index in [4.69, 9.17) is 4.74 Å². The molecule has 2 aliphatic heterocycles. The van der Waals surface area contributed by atoms with Gasteiger partial charge >= 0.3 is 0 Å². The minimum absolute atomic E-state index is 0.0104. The predicted molar refractivity (Wildman–Crippen MR) is 112 cm³/mol. The fraction of sp³-hybridized carbons (Fsp3) is 0.391. The first-order chi connectivity index (χ1) is 14.1. The van der Waals surface area contributed by atoms with Crippen molar-refractivity contribution in [2.24, 2.45) is 5.92 Å². The SMILES string of the molecule is COc1ccc(N2CC(C(=O)N3CCN(Cc4ccccc4)CC3)CC2=O)cc1. The van der Waals surface area contributed by atoms with Gasteiger partial charge in [0.25, 0.3) is 0 Å². The molecule has 6 heteroatoms. The number of hydrogen-bond donors (Lipinski definition) is 0. The van der Waals surface area contributed by atoms with E-state index in [1.165, 1.54) is 5.56 Å². The number of piperazine rings is 1. The van der Waals surface area contributed by atoms with Gasteiger partial charge < -0.3 is 14.5 Å². The van der Waals surface area contributed by atoms with E-state index in [9.17, 15) is 9.59 Å². The second-order valence-corrected chi connectivity index (χ2v) is 7.69. The number of ether oxygens (including phenoxy) is 1. The Labute approximate surface area is 171 Å². The molecule has 2 aromatic carbocycles. The van der Waals surface area contributed by atoms with E-state index in [1.807, 2.05) is 35.2 Å². The minimum Gasteiger partial charge on any atom is -0.497 e. The predicted octanol–water partition coefficient (Wildman–Crippen LogP) is 2.39. The van der Waals surface area contributed by atoms with Crippen molar-refractivity contribution in [3.8, 4) is 5.75 Å². The van der Waals surface area contributed by atoms with Crippen LogP contribution in [0.25, 0.3) is 0 Å². The van der Waals surface area contributed by atoms with Crippen molar-refractivity contribution in [3.63, 3.8) is 0 Å². The first-order valence-corrected chi connectivity index (χ1v) is 10.1. The molecule has 2 aliphatic rings. The van der Waals surface area contributed by atoms with Gasteiger partial charge in [0.1, 0.15) is 5.75 Å². The summed E-state index contributed by atoms with van der Waals surface area (Å²) in [7, 11) is 1.62. The molecule has 0 bridgehead atoms. The molecule has 2 amide bonds. The van der Waals surface area contributed by atoms with E-state index < -0.39 is 0 Å². The van der Waals surface area contributed by atoms with Crippen LogP contribution < -0.4 is 9.64 Å². The summed E-state index contributed by atoms with van der Waals surface area (Å²) in [5.74, 6) is 0.608. The molecule has 4 rings (SSSR count). The van der Waals surface area contributed by atoms with Crippen LogP contribution >= 0.6 is 0 Å². The van der Waals surface area contributed by atoms with Crippen LogP contribution in [0.4, 0.5) is 5.69 Å². The van der Waals surface area contributed by atoms with E-state index in [-0.39, 0.29) is 24.2 Å². The van der Waals surface area contributed by atoms with Crippen molar-refractivity contribution >= 4 is 17.5 Å².